The summed E-state index contributed by atoms with van der Waals surface area (Å²) in [4.78, 5) is 22.9. The summed E-state index contributed by atoms with van der Waals surface area (Å²) in [6.45, 7) is 6.55. The molecule has 26 heavy (non-hydrogen) atoms. The number of hydrogen-bond donors (Lipinski definition) is 2. The van der Waals surface area contributed by atoms with Crippen molar-refractivity contribution in [2.75, 3.05) is 11.9 Å². The molecule has 7 heteroatoms. The molecule has 0 atom stereocenters. The number of nitro groups is 1. The molecule has 0 heterocycles. The molecule has 7 nitrogen and oxygen atoms in total. The molecule has 0 bridgehead atoms. The third-order valence-corrected chi connectivity index (χ3v) is 3.57. The van der Waals surface area contributed by atoms with Gasteiger partial charge in [-0.15, -0.1) is 0 Å². The molecule has 2 aromatic carbocycles. The highest BCUT2D eigenvalue weighted by Crippen LogP contribution is 2.26. The summed E-state index contributed by atoms with van der Waals surface area (Å²) in [6, 6.07) is 11.9. The van der Waals surface area contributed by atoms with Gasteiger partial charge in [0.2, 0.25) is 0 Å². The molecule has 0 spiro atoms. The SMILES string of the molecule is CCOc1cccc(CNc2ccc(C(=O)NC(C)C)cc2[N+](=O)[O-])c1. The summed E-state index contributed by atoms with van der Waals surface area (Å²) in [6.07, 6.45) is 0. The Bertz CT molecular complexity index is 790. The Hall–Kier alpha value is -3.09. The predicted molar refractivity (Wildman–Crippen MR) is 101 cm³/mol. The van der Waals surface area contributed by atoms with Crippen molar-refractivity contribution in [1.82, 2.24) is 5.32 Å². The number of anilines is 1. The van der Waals surface area contributed by atoms with Crippen molar-refractivity contribution in [3.63, 3.8) is 0 Å². The maximum Gasteiger partial charge on any atom is 0.293 e. The Morgan fingerprint density at radius 2 is 2.00 bits per heavy atom. The molecule has 0 aliphatic heterocycles. The molecule has 2 N–H and O–H groups in total. The lowest BCUT2D eigenvalue weighted by Gasteiger charge is -2.11. The van der Waals surface area contributed by atoms with Crippen LogP contribution >= 0.6 is 0 Å². The molecular formula is C19H23N3O4. The molecule has 0 fully saturated rings. The maximum atomic E-state index is 12.1. The van der Waals surface area contributed by atoms with E-state index in [0.29, 0.717) is 18.8 Å². The standard InChI is InChI=1S/C19H23N3O4/c1-4-26-16-7-5-6-14(10-16)12-20-17-9-8-15(11-18(17)22(24)25)19(23)21-13(2)3/h5-11,13,20H,4,12H2,1-3H3,(H,21,23). The van der Waals surface area contributed by atoms with E-state index in [1.54, 1.807) is 12.1 Å². The number of nitrogens with zero attached hydrogens (tertiary/aromatic N) is 1. The van der Waals surface area contributed by atoms with Gasteiger partial charge in [-0.05, 0) is 50.6 Å². The van der Waals surface area contributed by atoms with E-state index in [9.17, 15) is 14.9 Å². The van der Waals surface area contributed by atoms with E-state index in [4.69, 9.17) is 4.74 Å². The van der Waals surface area contributed by atoms with Gasteiger partial charge in [0.15, 0.2) is 0 Å². The second-order valence-electron chi connectivity index (χ2n) is 6.05. The minimum Gasteiger partial charge on any atom is -0.494 e. The second kappa shape index (κ2) is 8.84. The van der Waals surface area contributed by atoms with E-state index >= 15 is 0 Å². The minimum absolute atomic E-state index is 0.0445. The Kier molecular flexibility index (Phi) is 6.54. The van der Waals surface area contributed by atoms with Crippen molar-refractivity contribution in [3.8, 4) is 5.75 Å². The highest BCUT2D eigenvalue weighted by atomic mass is 16.6. The molecule has 2 rings (SSSR count). The summed E-state index contributed by atoms with van der Waals surface area (Å²) in [5, 5.41) is 17.2. The van der Waals surface area contributed by atoms with E-state index in [1.165, 1.54) is 6.07 Å². The van der Waals surface area contributed by atoms with Crippen LogP contribution in [-0.2, 0) is 6.54 Å². The lowest BCUT2D eigenvalue weighted by atomic mass is 10.1. The van der Waals surface area contributed by atoms with Crippen molar-refractivity contribution in [2.45, 2.75) is 33.4 Å². The lowest BCUT2D eigenvalue weighted by Crippen LogP contribution is -2.30. The van der Waals surface area contributed by atoms with Gasteiger partial charge in [-0.2, -0.15) is 0 Å². The van der Waals surface area contributed by atoms with E-state index in [0.717, 1.165) is 11.3 Å². The fourth-order valence-electron chi connectivity index (χ4n) is 2.43. The van der Waals surface area contributed by atoms with Crippen molar-refractivity contribution in [3.05, 3.63) is 63.7 Å². The third kappa shape index (κ3) is 5.20. The predicted octanol–water partition coefficient (Wildman–Crippen LogP) is 3.74. The number of amides is 1. The molecule has 0 unspecified atom stereocenters. The molecule has 1 amide bonds. The Morgan fingerprint density at radius 3 is 2.65 bits per heavy atom. The van der Waals surface area contributed by atoms with Crippen molar-refractivity contribution >= 4 is 17.3 Å². The average molecular weight is 357 g/mol. The largest absolute Gasteiger partial charge is 0.494 e. The molecule has 0 saturated heterocycles. The van der Waals surface area contributed by atoms with Gasteiger partial charge in [-0.25, -0.2) is 0 Å². The van der Waals surface area contributed by atoms with Crippen LogP contribution in [0.5, 0.6) is 5.75 Å². The van der Waals surface area contributed by atoms with Crippen LogP contribution in [0.25, 0.3) is 0 Å². The number of rotatable bonds is 8. The van der Waals surface area contributed by atoms with Gasteiger partial charge in [0, 0.05) is 24.2 Å². The quantitative estimate of drug-likeness (QED) is 0.554. The van der Waals surface area contributed by atoms with Crippen molar-refractivity contribution in [2.24, 2.45) is 0 Å². The molecule has 0 aliphatic rings. The molecule has 0 aliphatic carbocycles. The number of carbonyl (C=O) groups is 1. The van der Waals surface area contributed by atoms with Gasteiger partial charge in [0.25, 0.3) is 11.6 Å². The first-order valence-corrected chi connectivity index (χ1v) is 8.45. The number of hydrogen-bond acceptors (Lipinski definition) is 5. The zero-order valence-corrected chi connectivity index (χ0v) is 15.1. The number of carbonyl (C=O) groups excluding carboxylic acids is 1. The van der Waals surface area contributed by atoms with Gasteiger partial charge in [-0.1, -0.05) is 12.1 Å². The first-order chi connectivity index (χ1) is 12.4. The zero-order valence-electron chi connectivity index (χ0n) is 15.1. The molecule has 0 saturated carbocycles. The summed E-state index contributed by atoms with van der Waals surface area (Å²) in [7, 11) is 0. The maximum absolute atomic E-state index is 12.1. The highest BCUT2D eigenvalue weighted by Gasteiger charge is 2.18. The number of nitro benzene ring substituents is 1. The Balaban J connectivity index is 2.17. The monoisotopic (exact) mass is 357 g/mol. The molecule has 2 aromatic rings. The number of benzene rings is 2. The third-order valence-electron chi connectivity index (χ3n) is 3.57. The highest BCUT2D eigenvalue weighted by molar-refractivity contribution is 5.95. The van der Waals surface area contributed by atoms with Gasteiger partial charge >= 0.3 is 0 Å². The van der Waals surface area contributed by atoms with Crippen LogP contribution in [0, 0.1) is 10.1 Å². The minimum atomic E-state index is -0.495. The molecular weight excluding hydrogens is 334 g/mol. The van der Waals surface area contributed by atoms with Crippen LogP contribution in [0.4, 0.5) is 11.4 Å². The van der Waals surface area contributed by atoms with Crippen LogP contribution in [0.15, 0.2) is 42.5 Å². The van der Waals surface area contributed by atoms with Gasteiger partial charge in [-0.3, -0.25) is 14.9 Å². The Morgan fingerprint density at radius 1 is 1.23 bits per heavy atom. The van der Waals surface area contributed by atoms with Crippen LogP contribution in [0.3, 0.4) is 0 Å². The zero-order chi connectivity index (χ0) is 19.1. The van der Waals surface area contributed by atoms with Gasteiger partial charge in [0.05, 0.1) is 11.5 Å². The van der Waals surface area contributed by atoms with Crippen molar-refractivity contribution in [1.29, 1.82) is 0 Å². The van der Waals surface area contributed by atoms with Gasteiger partial charge < -0.3 is 15.4 Å². The van der Waals surface area contributed by atoms with Crippen molar-refractivity contribution < 1.29 is 14.5 Å². The first-order valence-electron chi connectivity index (χ1n) is 8.45. The van der Waals surface area contributed by atoms with Gasteiger partial charge in [0.1, 0.15) is 11.4 Å². The summed E-state index contributed by atoms with van der Waals surface area (Å²) in [5.41, 5.74) is 1.42. The second-order valence-corrected chi connectivity index (χ2v) is 6.05. The van der Waals surface area contributed by atoms with Crippen LogP contribution in [-0.4, -0.2) is 23.5 Å². The Labute approximate surface area is 152 Å². The fraction of sp³-hybridized carbons (Fsp3) is 0.316. The molecule has 0 aromatic heterocycles. The topological polar surface area (TPSA) is 93.5 Å². The van der Waals surface area contributed by atoms with Crippen LogP contribution < -0.4 is 15.4 Å². The normalized spacial score (nSPS) is 10.5. The van der Waals surface area contributed by atoms with E-state index in [-0.39, 0.29) is 23.2 Å². The summed E-state index contributed by atoms with van der Waals surface area (Å²) in [5.74, 6) is 0.418. The molecule has 0 radical (unpaired) electrons. The summed E-state index contributed by atoms with van der Waals surface area (Å²) < 4.78 is 5.45. The summed E-state index contributed by atoms with van der Waals surface area (Å²) >= 11 is 0. The number of ether oxygens (including phenoxy) is 1. The first kappa shape index (κ1) is 19.2. The van der Waals surface area contributed by atoms with E-state index < -0.39 is 4.92 Å². The fourth-order valence-corrected chi connectivity index (χ4v) is 2.43. The smallest absolute Gasteiger partial charge is 0.293 e. The van der Waals surface area contributed by atoms with Crippen LogP contribution in [0.1, 0.15) is 36.7 Å². The van der Waals surface area contributed by atoms with Crippen LogP contribution in [0.2, 0.25) is 0 Å². The van der Waals surface area contributed by atoms with E-state index in [2.05, 4.69) is 10.6 Å². The van der Waals surface area contributed by atoms with E-state index in [1.807, 2.05) is 45.0 Å². The lowest BCUT2D eigenvalue weighted by molar-refractivity contribution is -0.384. The number of nitrogens with one attached hydrogen (secondary N) is 2. The average Bonchev–Trinajstić information content (AvgIpc) is 2.59. The molecule has 138 valence electrons.